The predicted molar refractivity (Wildman–Crippen MR) is 77.7 cm³/mol. The molecule has 0 aromatic heterocycles. The second kappa shape index (κ2) is 5.64. The quantitative estimate of drug-likeness (QED) is 0.866. The van der Waals surface area contributed by atoms with Gasteiger partial charge in [0.1, 0.15) is 0 Å². The van der Waals surface area contributed by atoms with Crippen molar-refractivity contribution in [1.82, 2.24) is 0 Å². The molecule has 2 atom stereocenters. The van der Waals surface area contributed by atoms with Crippen molar-refractivity contribution in [3.63, 3.8) is 0 Å². The molecule has 104 valence electrons. The average molecular weight is 261 g/mol. The van der Waals surface area contributed by atoms with Crippen molar-refractivity contribution in [2.75, 3.05) is 5.32 Å². The molecule has 0 saturated heterocycles. The largest absolute Gasteiger partial charge is 0.478 e. The Labute approximate surface area is 115 Å². The summed E-state index contributed by atoms with van der Waals surface area (Å²) in [5.74, 6) is 0.554. The van der Waals surface area contributed by atoms with E-state index in [1.807, 2.05) is 19.1 Å². The third-order valence-electron chi connectivity index (χ3n) is 3.94. The van der Waals surface area contributed by atoms with Crippen LogP contribution in [0.4, 0.5) is 5.69 Å². The zero-order valence-electron chi connectivity index (χ0n) is 11.9. The van der Waals surface area contributed by atoms with Gasteiger partial charge in [0.15, 0.2) is 0 Å². The predicted octanol–water partition coefficient (Wildman–Crippen LogP) is 3.93. The molecule has 1 aliphatic rings. The molecule has 0 heterocycles. The molecule has 3 nitrogen and oxygen atoms in total. The fourth-order valence-electron chi connectivity index (χ4n) is 3.25. The van der Waals surface area contributed by atoms with Crippen molar-refractivity contribution in [2.24, 2.45) is 11.8 Å². The van der Waals surface area contributed by atoms with Gasteiger partial charge in [0, 0.05) is 11.7 Å². The molecule has 0 radical (unpaired) electrons. The molecular formula is C16H23NO2. The van der Waals surface area contributed by atoms with Gasteiger partial charge in [0.2, 0.25) is 0 Å². The first-order chi connectivity index (χ1) is 8.95. The Morgan fingerprint density at radius 3 is 2.42 bits per heavy atom. The van der Waals surface area contributed by atoms with Crippen LogP contribution in [0.1, 0.15) is 49.0 Å². The highest BCUT2D eigenvalue weighted by Gasteiger charge is 2.24. The molecule has 3 heteroatoms. The molecule has 2 N–H and O–H groups in total. The molecule has 0 aliphatic heterocycles. The zero-order valence-corrected chi connectivity index (χ0v) is 11.9. The van der Waals surface area contributed by atoms with Crippen molar-refractivity contribution in [2.45, 2.75) is 46.1 Å². The number of rotatable bonds is 3. The summed E-state index contributed by atoms with van der Waals surface area (Å²) in [5, 5.41) is 12.7. The Morgan fingerprint density at radius 2 is 1.84 bits per heavy atom. The van der Waals surface area contributed by atoms with Gasteiger partial charge in [-0.15, -0.1) is 0 Å². The third-order valence-corrected chi connectivity index (χ3v) is 3.94. The summed E-state index contributed by atoms with van der Waals surface area (Å²) in [5.41, 5.74) is 2.22. The molecule has 2 rings (SSSR count). The van der Waals surface area contributed by atoms with Crippen LogP contribution in [0, 0.1) is 18.8 Å². The van der Waals surface area contributed by atoms with Crippen LogP contribution >= 0.6 is 0 Å². The Morgan fingerprint density at radius 1 is 1.21 bits per heavy atom. The number of carbonyl (C=O) groups is 1. The summed E-state index contributed by atoms with van der Waals surface area (Å²) in [6, 6.07) is 5.86. The lowest BCUT2D eigenvalue weighted by Gasteiger charge is -2.33. The van der Waals surface area contributed by atoms with E-state index < -0.39 is 5.97 Å². The van der Waals surface area contributed by atoms with Gasteiger partial charge in [0.05, 0.1) is 5.56 Å². The van der Waals surface area contributed by atoms with E-state index in [1.54, 1.807) is 6.07 Å². The van der Waals surface area contributed by atoms with Gasteiger partial charge < -0.3 is 10.4 Å². The topological polar surface area (TPSA) is 49.3 Å². The minimum Gasteiger partial charge on any atom is -0.478 e. The number of carboxylic acids is 1. The summed E-state index contributed by atoms with van der Waals surface area (Å²) < 4.78 is 0. The Kier molecular flexibility index (Phi) is 4.13. The van der Waals surface area contributed by atoms with Gasteiger partial charge >= 0.3 is 5.97 Å². The molecule has 0 bridgehead atoms. The van der Waals surface area contributed by atoms with E-state index in [0.717, 1.165) is 24.1 Å². The fourth-order valence-corrected chi connectivity index (χ4v) is 3.25. The third kappa shape index (κ3) is 3.49. The summed E-state index contributed by atoms with van der Waals surface area (Å²) in [6.07, 6.45) is 3.52. The van der Waals surface area contributed by atoms with Gasteiger partial charge in [-0.2, -0.15) is 0 Å². The maximum Gasteiger partial charge on any atom is 0.337 e. The van der Waals surface area contributed by atoms with E-state index in [-0.39, 0.29) is 0 Å². The first-order valence-electron chi connectivity index (χ1n) is 7.06. The summed E-state index contributed by atoms with van der Waals surface area (Å²) in [7, 11) is 0. The van der Waals surface area contributed by atoms with E-state index in [9.17, 15) is 9.90 Å². The highest BCUT2D eigenvalue weighted by molar-refractivity contribution is 5.94. The van der Waals surface area contributed by atoms with Gasteiger partial charge in [-0.3, -0.25) is 0 Å². The number of hydrogen-bond acceptors (Lipinski definition) is 2. The van der Waals surface area contributed by atoms with Crippen molar-refractivity contribution < 1.29 is 9.90 Å². The van der Waals surface area contributed by atoms with Crippen LogP contribution in [0.3, 0.4) is 0 Å². The van der Waals surface area contributed by atoms with Crippen molar-refractivity contribution in [3.8, 4) is 0 Å². The van der Waals surface area contributed by atoms with Crippen LogP contribution in [0.25, 0.3) is 0 Å². The summed E-state index contributed by atoms with van der Waals surface area (Å²) in [6.45, 7) is 6.54. The lowest BCUT2D eigenvalue weighted by molar-refractivity contribution is 0.0698. The number of aryl methyl sites for hydroxylation is 1. The number of carboxylic acid groups (broad SMARTS) is 1. The second-order valence-corrected chi connectivity index (χ2v) is 6.11. The molecule has 1 aromatic rings. The van der Waals surface area contributed by atoms with E-state index in [0.29, 0.717) is 23.4 Å². The highest BCUT2D eigenvalue weighted by Crippen LogP contribution is 2.31. The van der Waals surface area contributed by atoms with Gasteiger partial charge in [0.25, 0.3) is 0 Å². The van der Waals surface area contributed by atoms with Gasteiger partial charge in [-0.25, -0.2) is 4.79 Å². The molecule has 0 amide bonds. The van der Waals surface area contributed by atoms with Crippen LogP contribution in [0.2, 0.25) is 0 Å². The molecule has 1 saturated carbocycles. The van der Waals surface area contributed by atoms with E-state index in [1.165, 1.54) is 6.42 Å². The number of hydrogen-bond donors (Lipinski definition) is 2. The minimum absolute atomic E-state index is 0.372. The Hall–Kier alpha value is -1.51. The van der Waals surface area contributed by atoms with Crippen LogP contribution in [0.15, 0.2) is 18.2 Å². The molecule has 1 aliphatic carbocycles. The SMILES string of the molecule is Cc1ccc(C(=O)O)c(NC2CC(C)CC(C)C2)c1. The molecule has 1 aromatic carbocycles. The van der Waals surface area contributed by atoms with Crippen LogP contribution in [0.5, 0.6) is 0 Å². The molecule has 2 unspecified atom stereocenters. The molecule has 1 fully saturated rings. The van der Waals surface area contributed by atoms with Gasteiger partial charge in [-0.1, -0.05) is 19.9 Å². The molecule has 0 spiro atoms. The standard InChI is InChI=1S/C16H23NO2/c1-10-4-5-14(16(18)19)15(9-10)17-13-7-11(2)6-12(3)8-13/h4-5,9,11-13,17H,6-8H2,1-3H3,(H,18,19). The second-order valence-electron chi connectivity index (χ2n) is 6.11. The molecule has 19 heavy (non-hydrogen) atoms. The average Bonchev–Trinajstić information content (AvgIpc) is 2.26. The maximum atomic E-state index is 11.3. The fraction of sp³-hybridized carbons (Fsp3) is 0.562. The number of aromatic carboxylic acids is 1. The highest BCUT2D eigenvalue weighted by atomic mass is 16.4. The van der Waals surface area contributed by atoms with Crippen LogP contribution < -0.4 is 5.32 Å². The van der Waals surface area contributed by atoms with E-state index >= 15 is 0 Å². The first-order valence-corrected chi connectivity index (χ1v) is 7.06. The van der Waals surface area contributed by atoms with E-state index in [2.05, 4.69) is 19.2 Å². The van der Waals surface area contributed by atoms with Crippen molar-refractivity contribution in [1.29, 1.82) is 0 Å². The van der Waals surface area contributed by atoms with Gasteiger partial charge in [-0.05, 0) is 55.7 Å². The summed E-state index contributed by atoms with van der Waals surface area (Å²) >= 11 is 0. The normalized spacial score (nSPS) is 27.0. The Bertz CT molecular complexity index is 460. The van der Waals surface area contributed by atoms with Crippen LogP contribution in [-0.4, -0.2) is 17.1 Å². The first kappa shape index (κ1) is 13.9. The summed E-state index contributed by atoms with van der Waals surface area (Å²) in [4.78, 5) is 11.3. The number of benzene rings is 1. The Balaban J connectivity index is 2.18. The molecular weight excluding hydrogens is 238 g/mol. The van der Waals surface area contributed by atoms with E-state index in [4.69, 9.17) is 0 Å². The monoisotopic (exact) mass is 261 g/mol. The maximum absolute atomic E-state index is 11.3. The number of anilines is 1. The number of nitrogens with one attached hydrogen (secondary N) is 1. The van der Waals surface area contributed by atoms with Crippen molar-refractivity contribution >= 4 is 11.7 Å². The smallest absolute Gasteiger partial charge is 0.337 e. The minimum atomic E-state index is -0.862. The lowest BCUT2D eigenvalue weighted by Crippen LogP contribution is -2.30. The zero-order chi connectivity index (χ0) is 14.0. The van der Waals surface area contributed by atoms with Crippen LogP contribution in [-0.2, 0) is 0 Å². The van der Waals surface area contributed by atoms with Crippen molar-refractivity contribution in [3.05, 3.63) is 29.3 Å². The lowest BCUT2D eigenvalue weighted by atomic mass is 9.80.